The number of thiophene rings is 1. The van der Waals surface area contributed by atoms with Gasteiger partial charge >= 0.3 is 5.97 Å². The summed E-state index contributed by atoms with van der Waals surface area (Å²) in [7, 11) is 0. The molecular weight excluding hydrogens is 250 g/mol. The van der Waals surface area contributed by atoms with Crippen LogP contribution in [0.1, 0.15) is 21.6 Å². The number of carboxylic acid groups (broad SMARTS) is 1. The van der Waals surface area contributed by atoms with E-state index in [0.717, 1.165) is 5.56 Å². The maximum Gasteiger partial charge on any atom is 0.354 e. The van der Waals surface area contributed by atoms with Crippen molar-refractivity contribution >= 4 is 28.8 Å². The van der Waals surface area contributed by atoms with Gasteiger partial charge in [-0.25, -0.2) is 9.78 Å². The number of hydrogen-bond acceptors (Lipinski definition) is 5. The molecule has 0 amide bonds. The molecule has 5 nitrogen and oxygen atoms in total. The summed E-state index contributed by atoms with van der Waals surface area (Å²) in [4.78, 5) is 14.8. The van der Waals surface area contributed by atoms with Gasteiger partial charge in [0.15, 0.2) is 5.69 Å². The molecule has 0 aliphatic carbocycles. The van der Waals surface area contributed by atoms with Crippen LogP contribution in [-0.4, -0.2) is 16.1 Å². The molecule has 4 N–H and O–H groups in total. The Kier molecular flexibility index (Phi) is 3.47. The monoisotopic (exact) mass is 263 g/mol. The molecule has 0 unspecified atom stereocenters. The fourth-order valence-corrected chi connectivity index (χ4v) is 2.33. The van der Waals surface area contributed by atoms with E-state index in [1.165, 1.54) is 11.6 Å². The van der Waals surface area contributed by atoms with E-state index >= 15 is 0 Å². The van der Waals surface area contributed by atoms with Crippen LogP contribution in [0.4, 0.5) is 11.5 Å². The third-order valence-electron chi connectivity index (χ3n) is 2.55. The summed E-state index contributed by atoms with van der Waals surface area (Å²) in [6.07, 6.45) is 0. The minimum Gasteiger partial charge on any atom is -0.477 e. The van der Waals surface area contributed by atoms with Gasteiger partial charge in [0.05, 0.1) is 5.69 Å². The number of nitrogens with one attached hydrogen (secondary N) is 1. The molecule has 0 aliphatic rings. The lowest BCUT2D eigenvalue weighted by atomic mass is 10.2. The second-order valence-electron chi connectivity index (χ2n) is 3.87. The lowest BCUT2D eigenvalue weighted by Gasteiger charge is -2.08. The van der Waals surface area contributed by atoms with Gasteiger partial charge in [-0.15, -0.1) is 0 Å². The average molecular weight is 263 g/mol. The number of pyridine rings is 1. The van der Waals surface area contributed by atoms with Gasteiger partial charge in [-0.1, -0.05) is 0 Å². The van der Waals surface area contributed by atoms with Gasteiger partial charge in [0.1, 0.15) is 5.82 Å². The molecule has 2 aromatic heterocycles. The lowest BCUT2D eigenvalue weighted by molar-refractivity contribution is 0.0690. The molecule has 0 aromatic carbocycles. The number of aryl methyl sites for hydroxylation is 1. The Hall–Kier alpha value is -2.08. The quantitative estimate of drug-likeness (QED) is 0.788. The number of carboxylic acids is 1. The summed E-state index contributed by atoms with van der Waals surface area (Å²) >= 11 is 1.63. The van der Waals surface area contributed by atoms with Crippen LogP contribution in [-0.2, 0) is 6.54 Å². The maximum atomic E-state index is 10.8. The minimum absolute atomic E-state index is 0.0197. The van der Waals surface area contributed by atoms with Crippen LogP contribution in [0, 0.1) is 6.92 Å². The van der Waals surface area contributed by atoms with Crippen molar-refractivity contribution in [3.05, 3.63) is 39.7 Å². The van der Waals surface area contributed by atoms with Crippen LogP contribution < -0.4 is 11.1 Å². The van der Waals surface area contributed by atoms with Crippen LogP contribution in [0.5, 0.6) is 0 Å². The first-order valence-corrected chi connectivity index (χ1v) is 6.27. The van der Waals surface area contributed by atoms with Crippen molar-refractivity contribution in [2.75, 3.05) is 11.1 Å². The number of hydrogen-bond donors (Lipinski definition) is 3. The first-order valence-electron chi connectivity index (χ1n) is 5.33. The van der Waals surface area contributed by atoms with Crippen LogP contribution in [0.15, 0.2) is 22.9 Å². The van der Waals surface area contributed by atoms with Gasteiger partial charge in [0.25, 0.3) is 0 Å². The average Bonchev–Trinajstić information content (AvgIpc) is 2.73. The molecule has 94 valence electrons. The largest absolute Gasteiger partial charge is 0.477 e. The van der Waals surface area contributed by atoms with Crippen molar-refractivity contribution in [1.29, 1.82) is 0 Å². The molecular formula is C12H13N3O2S. The fourth-order valence-electron chi connectivity index (χ4n) is 1.48. The van der Waals surface area contributed by atoms with Crippen molar-refractivity contribution in [2.45, 2.75) is 13.5 Å². The molecule has 0 fully saturated rings. The third kappa shape index (κ3) is 2.60. The van der Waals surface area contributed by atoms with Crippen LogP contribution in [0.3, 0.4) is 0 Å². The number of carbonyl (C=O) groups is 1. The lowest BCUT2D eigenvalue weighted by Crippen LogP contribution is -2.08. The minimum atomic E-state index is -1.07. The normalized spacial score (nSPS) is 10.3. The highest BCUT2D eigenvalue weighted by Crippen LogP contribution is 2.19. The van der Waals surface area contributed by atoms with Gasteiger partial charge in [-0.3, -0.25) is 0 Å². The Morgan fingerprint density at radius 2 is 2.28 bits per heavy atom. The van der Waals surface area contributed by atoms with Crippen LogP contribution >= 0.6 is 11.3 Å². The second kappa shape index (κ2) is 5.05. The summed E-state index contributed by atoms with van der Waals surface area (Å²) in [6.45, 7) is 2.60. The first-order chi connectivity index (χ1) is 8.58. The van der Waals surface area contributed by atoms with Gasteiger partial charge in [0, 0.05) is 6.54 Å². The Labute approximate surface area is 108 Å². The zero-order valence-corrected chi connectivity index (χ0v) is 10.6. The van der Waals surface area contributed by atoms with E-state index in [0.29, 0.717) is 18.1 Å². The molecule has 2 rings (SSSR count). The number of nitrogen functional groups attached to an aromatic ring is 1. The summed E-state index contributed by atoms with van der Waals surface area (Å²) in [6, 6.07) is 2.93. The number of anilines is 2. The summed E-state index contributed by atoms with van der Waals surface area (Å²) in [5, 5.41) is 16.0. The Morgan fingerprint density at radius 3 is 2.89 bits per heavy atom. The van der Waals surface area contributed by atoms with Gasteiger partial charge in [-0.2, -0.15) is 11.3 Å². The summed E-state index contributed by atoms with van der Waals surface area (Å²) in [5.74, 6) is -0.662. The van der Waals surface area contributed by atoms with Crippen molar-refractivity contribution in [2.24, 2.45) is 0 Å². The summed E-state index contributed by atoms with van der Waals surface area (Å²) in [5.41, 5.74) is 8.52. The predicted octanol–water partition coefficient (Wildman–Crippen LogP) is 2.34. The van der Waals surface area contributed by atoms with E-state index in [1.54, 1.807) is 17.4 Å². The van der Waals surface area contributed by atoms with E-state index in [9.17, 15) is 4.79 Å². The molecule has 0 atom stereocenters. The molecule has 2 aromatic rings. The van der Waals surface area contributed by atoms with Gasteiger partial charge in [0.2, 0.25) is 0 Å². The van der Waals surface area contributed by atoms with Crippen molar-refractivity contribution < 1.29 is 9.90 Å². The highest BCUT2D eigenvalue weighted by molar-refractivity contribution is 7.08. The standard InChI is InChI=1S/C12H13N3O2S/c1-7-5-18-6-8(7)4-14-11-9(13)2-3-10(15-11)12(16)17/h2-3,5-6H,4,13H2,1H3,(H,14,15)(H,16,17). The zero-order chi connectivity index (χ0) is 13.1. The van der Waals surface area contributed by atoms with E-state index < -0.39 is 5.97 Å². The number of nitrogens with zero attached hydrogens (tertiary/aromatic N) is 1. The molecule has 0 radical (unpaired) electrons. The molecule has 0 saturated heterocycles. The van der Waals surface area contributed by atoms with E-state index in [-0.39, 0.29) is 5.69 Å². The Balaban J connectivity index is 2.16. The molecule has 0 saturated carbocycles. The van der Waals surface area contributed by atoms with Crippen molar-refractivity contribution in [3.8, 4) is 0 Å². The molecule has 18 heavy (non-hydrogen) atoms. The Bertz CT molecular complexity index is 580. The molecule has 0 aliphatic heterocycles. The van der Waals surface area contributed by atoms with E-state index in [4.69, 9.17) is 10.8 Å². The SMILES string of the molecule is Cc1cscc1CNc1nc(C(=O)O)ccc1N. The predicted molar refractivity (Wildman–Crippen MR) is 72.0 cm³/mol. The zero-order valence-electron chi connectivity index (χ0n) is 9.80. The molecule has 0 bridgehead atoms. The van der Waals surface area contributed by atoms with Crippen molar-refractivity contribution in [3.63, 3.8) is 0 Å². The number of aromatic nitrogens is 1. The van der Waals surface area contributed by atoms with E-state index in [1.807, 2.05) is 12.3 Å². The third-order valence-corrected chi connectivity index (χ3v) is 3.46. The van der Waals surface area contributed by atoms with Crippen LogP contribution in [0.2, 0.25) is 0 Å². The second-order valence-corrected chi connectivity index (χ2v) is 4.62. The van der Waals surface area contributed by atoms with Gasteiger partial charge in [-0.05, 0) is 40.9 Å². The number of rotatable bonds is 4. The topological polar surface area (TPSA) is 88.2 Å². The number of nitrogens with two attached hydrogens (primary N) is 1. The van der Waals surface area contributed by atoms with Crippen molar-refractivity contribution in [1.82, 2.24) is 4.98 Å². The van der Waals surface area contributed by atoms with Crippen LogP contribution in [0.25, 0.3) is 0 Å². The highest BCUT2D eigenvalue weighted by Gasteiger charge is 2.09. The number of aromatic carboxylic acids is 1. The molecule has 2 heterocycles. The first kappa shape index (κ1) is 12.4. The maximum absolute atomic E-state index is 10.8. The molecule has 6 heteroatoms. The molecule has 0 spiro atoms. The highest BCUT2D eigenvalue weighted by atomic mass is 32.1. The summed E-state index contributed by atoms with van der Waals surface area (Å²) < 4.78 is 0. The smallest absolute Gasteiger partial charge is 0.354 e. The fraction of sp³-hybridized carbons (Fsp3) is 0.167. The van der Waals surface area contributed by atoms with Gasteiger partial charge < -0.3 is 16.2 Å². The Morgan fingerprint density at radius 1 is 1.50 bits per heavy atom. The van der Waals surface area contributed by atoms with E-state index in [2.05, 4.69) is 15.7 Å².